The monoisotopic (exact) mass is 405 g/mol. The van der Waals surface area contributed by atoms with Gasteiger partial charge in [-0.25, -0.2) is 0 Å². The molecule has 2 aliphatic rings. The Morgan fingerprint density at radius 1 is 1.18 bits per heavy atom. The highest BCUT2D eigenvalue weighted by Gasteiger charge is 2.31. The molecule has 5 nitrogen and oxygen atoms in total. The number of aliphatic imine (C=N–C) groups is 1. The highest BCUT2D eigenvalue weighted by Crippen LogP contribution is 2.36. The number of hydrogen-bond donors (Lipinski definition) is 2. The van der Waals surface area contributed by atoms with Crippen LogP contribution in [0.1, 0.15) is 49.9 Å². The minimum Gasteiger partial charge on any atom is -0.356 e. The summed E-state index contributed by atoms with van der Waals surface area (Å²) in [6.45, 7) is 9.26. The lowest BCUT2D eigenvalue weighted by atomic mass is 9.88. The number of rotatable bonds is 7. The highest BCUT2D eigenvalue weighted by molar-refractivity contribution is 7.10. The van der Waals surface area contributed by atoms with Crippen LogP contribution in [0.5, 0.6) is 0 Å². The van der Waals surface area contributed by atoms with Crippen LogP contribution in [0.4, 0.5) is 0 Å². The molecule has 2 atom stereocenters. The van der Waals surface area contributed by atoms with Gasteiger partial charge < -0.3 is 15.5 Å². The number of hydrogen-bond acceptors (Lipinski definition) is 4. The fourth-order valence-electron chi connectivity index (χ4n) is 4.80. The van der Waals surface area contributed by atoms with Crippen LogP contribution in [0.3, 0.4) is 0 Å². The van der Waals surface area contributed by atoms with Crippen molar-refractivity contribution in [3.63, 3.8) is 0 Å². The zero-order valence-corrected chi connectivity index (χ0v) is 18.8. The zero-order chi connectivity index (χ0) is 19.8. The molecule has 0 saturated carbocycles. The van der Waals surface area contributed by atoms with E-state index in [1.807, 2.05) is 18.4 Å². The van der Waals surface area contributed by atoms with E-state index in [4.69, 9.17) is 0 Å². The molecule has 0 amide bonds. The lowest BCUT2D eigenvalue weighted by Crippen LogP contribution is -2.46. The number of guanidine groups is 1. The molecular weight excluding hydrogens is 366 g/mol. The maximum atomic E-state index is 4.48. The van der Waals surface area contributed by atoms with Crippen LogP contribution in [-0.4, -0.2) is 69.1 Å². The number of likely N-dealkylation sites (tertiary alicyclic amines) is 2. The lowest BCUT2D eigenvalue weighted by molar-refractivity contribution is 0.125. The Morgan fingerprint density at radius 3 is 2.64 bits per heavy atom. The minimum atomic E-state index is 0.530. The van der Waals surface area contributed by atoms with Gasteiger partial charge in [0.25, 0.3) is 0 Å². The summed E-state index contributed by atoms with van der Waals surface area (Å²) in [5.74, 6) is 2.37. The summed E-state index contributed by atoms with van der Waals surface area (Å²) >= 11 is 1.89. The van der Waals surface area contributed by atoms with Gasteiger partial charge in [-0.2, -0.15) is 0 Å². The molecule has 6 heteroatoms. The van der Waals surface area contributed by atoms with Gasteiger partial charge in [-0.3, -0.25) is 9.89 Å². The van der Waals surface area contributed by atoms with Crippen LogP contribution in [0.15, 0.2) is 22.5 Å². The van der Waals surface area contributed by atoms with Crippen LogP contribution >= 0.6 is 11.3 Å². The summed E-state index contributed by atoms with van der Waals surface area (Å²) in [5, 5.41) is 9.43. The van der Waals surface area contributed by atoms with Gasteiger partial charge in [-0.15, -0.1) is 11.3 Å². The molecule has 28 heavy (non-hydrogen) atoms. The van der Waals surface area contributed by atoms with Crippen LogP contribution in [-0.2, 0) is 0 Å². The van der Waals surface area contributed by atoms with E-state index >= 15 is 0 Å². The van der Waals surface area contributed by atoms with E-state index in [0.29, 0.717) is 12.0 Å². The quantitative estimate of drug-likeness (QED) is 0.539. The molecule has 2 fully saturated rings. The van der Waals surface area contributed by atoms with Crippen molar-refractivity contribution < 1.29 is 0 Å². The van der Waals surface area contributed by atoms with Gasteiger partial charge in [0.05, 0.1) is 0 Å². The molecule has 0 spiro atoms. The predicted molar refractivity (Wildman–Crippen MR) is 121 cm³/mol. The Hall–Kier alpha value is -1.11. The van der Waals surface area contributed by atoms with Crippen LogP contribution in [0.25, 0.3) is 0 Å². The van der Waals surface area contributed by atoms with Crippen LogP contribution in [0, 0.1) is 11.8 Å². The SMILES string of the molecule is CCCN1CCC(CNC(=NC)NCC2CCCN(C)C2c2cccs2)CC1. The minimum absolute atomic E-state index is 0.530. The van der Waals surface area contributed by atoms with Crippen molar-refractivity contribution in [2.24, 2.45) is 16.8 Å². The number of nitrogens with zero attached hydrogens (tertiary/aromatic N) is 3. The van der Waals surface area contributed by atoms with Gasteiger partial charge in [0.15, 0.2) is 5.96 Å². The van der Waals surface area contributed by atoms with Gasteiger partial charge in [0.2, 0.25) is 0 Å². The predicted octanol–water partition coefficient (Wildman–Crippen LogP) is 3.42. The summed E-state index contributed by atoms with van der Waals surface area (Å²) < 4.78 is 0. The fourth-order valence-corrected chi connectivity index (χ4v) is 5.79. The normalized spacial score (nSPS) is 25.8. The van der Waals surface area contributed by atoms with Crippen molar-refractivity contribution >= 4 is 17.3 Å². The molecule has 0 bridgehead atoms. The molecule has 2 aliphatic heterocycles. The maximum Gasteiger partial charge on any atom is 0.190 e. The molecule has 2 saturated heterocycles. The first-order chi connectivity index (χ1) is 13.7. The molecule has 0 aliphatic carbocycles. The lowest BCUT2D eigenvalue weighted by Gasteiger charge is -2.39. The molecular formula is C22H39N5S. The molecule has 3 rings (SSSR count). The van der Waals surface area contributed by atoms with Crippen molar-refractivity contribution in [2.75, 3.05) is 53.4 Å². The van der Waals surface area contributed by atoms with E-state index in [2.05, 4.69) is 56.9 Å². The average molecular weight is 406 g/mol. The molecule has 0 radical (unpaired) electrons. The van der Waals surface area contributed by atoms with Gasteiger partial charge in [0.1, 0.15) is 0 Å². The van der Waals surface area contributed by atoms with E-state index in [9.17, 15) is 0 Å². The molecule has 3 heterocycles. The number of piperidine rings is 2. The Kier molecular flexibility index (Phi) is 8.62. The molecule has 1 aromatic heterocycles. The number of nitrogens with one attached hydrogen (secondary N) is 2. The summed E-state index contributed by atoms with van der Waals surface area (Å²) in [7, 11) is 4.16. The van der Waals surface area contributed by atoms with Crippen molar-refractivity contribution in [1.29, 1.82) is 0 Å². The van der Waals surface area contributed by atoms with Crippen molar-refractivity contribution in [2.45, 2.75) is 45.1 Å². The second-order valence-corrected chi connectivity index (χ2v) is 9.44. The van der Waals surface area contributed by atoms with Gasteiger partial charge >= 0.3 is 0 Å². The first-order valence-electron chi connectivity index (χ1n) is 11.1. The summed E-state index contributed by atoms with van der Waals surface area (Å²) in [6, 6.07) is 5.00. The van der Waals surface area contributed by atoms with Gasteiger partial charge in [0, 0.05) is 31.1 Å². The molecule has 2 N–H and O–H groups in total. The molecule has 0 aromatic carbocycles. The Morgan fingerprint density at radius 2 is 1.96 bits per heavy atom. The first-order valence-corrected chi connectivity index (χ1v) is 12.0. The fraction of sp³-hybridized carbons (Fsp3) is 0.773. The molecule has 1 aromatic rings. The van der Waals surface area contributed by atoms with Crippen molar-refractivity contribution in [3.05, 3.63) is 22.4 Å². The van der Waals surface area contributed by atoms with E-state index < -0.39 is 0 Å². The average Bonchev–Trinajstić information content (AvgIpc) is 3.24. The topological polar surface area (TPSA) is 42.9 Å². The Bertz CT molecular complexity index is 580. The maximum absolute atomic E-state index is 4.48. The zero-order valence-electron chi connectivity index (χ0n) is 18.0. The Balaban J connectivity index is 1.44. The summed E-state index contributed by atoms with van der Waals surface area (Å²) in [5.41, 5.74) is 0. The largest absolute Gasteiger partial charge is 0.356 e. The van der Waals surface area contributed by atoms with Gasteiger partial charge in [-0.1, -0.05) is 13.0 Å². The van der Waals surface area contributed by atoms with E-state index in [0.717, 1.165) is 25.0 Å². The second kappa shape index (κ2) is 11.2. The van der Waals surface area contributed by atoms with E-state index in [-0.39, 0.29) is 0 Å². The highest BCUT2D eigenvalue weighted by atomic mass is 32.1. The third kappa shape index (κ3) is 5.94. The first kappa shape index (κ1) is 21.6. The van der Waals surface area contributed by atoms with Crippen LogP contribution in [0.2, 0.25) is 0 Å². The van der Waals surface area contributed by atoms with E-state index in [1.165, 1.54) is 63.2 Å². The molecule has 158 valence electrons. The van der Waals surface area contributed by atoms with E-state index in [1.54, 1.807) is 0 Å². The van der Waals surface area contributed by atoms with Gasteiger partial charge in [-0.05, 0) is 88.6 Å². The third-order valence-corrected chi connectivity index (χ3v) is 7.35. The Labute approximate surface area is 175 Å². The van der Waals surface area contributed by atoms with Crippen molar-refractivity contribution in [1.82, 2.24) is 20.4 Å². The third-order valence-electron chi connectivity index (χ3n) is 6.40. The van der Waals surface area contributed by atoms with Crippen LogP contribution < -0.4 is 10.6 Å². The standard InChI is InChI=1S/C22H39N5S/c1-4-11-27-13-9-18(10-14-27)16-24-22(23-2)25-17-19-7-5-12-26(3)21(19)20-8-6-15-28-20/h6,8,15,18-19,21H,4-5,7,9-14,16-17H2,1-3H3,(H2,23,24,25). The molecule has 2 unspecified atom stereocenters. The van der Waals surface area contributed by atoms with Crippen molar-refractivity contribution in [3.8, 4) is 0 Å². The summed E-state index contributed by atoms with van der Waals surface area (Å²) in [6.07, 6.45) is 6.44. The number of thiophene rings is 1. The smallest absolute Gasteiger partial charge is 0.190 e. The summed E-state index contributed by atoms with van der Waals surface area (Å²) in [4.78, 5) is 11.1. The second-order valence-electron chi connectivity index (χ2n) is 8.46.